The monoisotopic (exact) mass is 409 g/mol. The summed E-state index contributed by atoms with van der Waals surface area (Å²) < 4.78 is 7.95. The number of nitrogens with zero attached hydrogens (tertiary/aromatic N) is 4. The molecule has 1 aliphatic rings. The standard InChI is InChI=1S/C21H27N7O2/c1-27-20(24-12-11-22)19(26-30-27)21-25-16-5-3-4-6-17(16)28(21)13-18(29-2)14-7-9-15(23)10-8-14/h3-10,18,20,24H,11-13,22-23H2,1-2H3. The van der Waals surface area contributed by atoms with Crippen molar-refractivity contribution in [3.05, 3.63) is 59.9 Å². The van der Waals surface area contributed by atoms with E-state index in [-0.39, 0.29) is 12.3 Å². The topological polar surface area (TPSA) is 116 Å². The number of aromatic nitrogens is 2. The highest BCUT2D eigenvalue weighted by molar-refractivity contribution is 6.04. The molecule has 5 N–H and O–H groups in total. The molecule has 0 saturated heterocycles. The van der Waals surface area contributed by atoms with Gasteiger partial charge in [0.1, 0.15) is 12.3 Å². The van der Waals surface area contributed by atoms with E-state index in [1.54, 1.807) is 12.2 Å². The van der Waals surface area contributed by atoms with Crippen LogP contribution < -0.4 is 16.8 Å². The minimum Gasteiger partial charge on any atom is -0.399 e. The summed E-state index contributed by atoms with van der Waals surface area (Å²) in [5, 5.41) is 9.30. The molecular weight excluding hydrogens is 382 g/mol. The van der Waals surface area contributed by atoms with Crippen LogP contribution in [0.3, 0.4) is 0 Å². The summed E-state index contributed by atoms with van der Waals surface area (Å²) >= 11 is 0. The molecule has 4 rings (SSSR count). The molecule has 158 valence electrons. The molecule has 3 aromatic rings. The molecule has 0 bridgehead atoms. The lowest BCUT2D eigenvalue weighted by atomic mass is 10.1. The third-order valence-electron chi connectivity index (χ3n) is 5.20. The number of ether oxygens (including phenoxy) is 1. The highest BCUT2D eigenvalue weighted by atomic mass is 16.8. The number of hydrogen-bond acceptors (Lipinski definition) is 8. The Labute approximate surface area is 175 Å². The normalized spacial score (nSPS) is 17.8. The molecule has 0 aliphatic carbocycles. The first kappa shape index (κ1) is 20.3. The van der Waals surface area contributed by atoms with Crippen molar-refractivity contribution in [2.45, 2.75) is 18.8 Å². The second kappa shape index (κ2) is 8.80. The zero-order valence-corrected chi connectivity index (χ0v) is 17.2. The fraction of sp³-hybridized carbons (Fsp3) is 0.333. The van der Waals surface area contributed by atoms with Crippen molar-refractivity contribution in [1.29, 1.82) is 0 Å². The lowest BCUT2D eigenvalue weighted by Crippen LogP contribution is -2.47. The molecule has 0 spiro atoms. The Kier molecular flexibility index (Phi) is 5.96. The maximum absolute atomic E-state index is 5.85. The van der Waals surface area contributed by atoms with Crippen molar-refractivity contribution >= 4 is 22.4 Å². The number of nitrogens with one attached hydrogen (secondary N) is 1. The van der Waals surface area contributed by atoms with Gasteiger partial charge in [0.2, 0.25) is 0 Å². The van der Waals surface area contributed by atoms with Crippen LogP contribution in [0.1, 0.15) is 17.5 Å². The van der Waals surface area contributed by atoms with Gasteiger partial charge >= 0.3 is 0 Å². The van der Waals surface area contributed by atoms with E-state index in [1.807, 2.05) is 55.6 Å². The fourth-order valence-electron chi connectivity index (χ4n) is 3.63. The van der Waals surface area contributed by atoms with Crippen LogP contribution in [-0.4, -0.2) is 53.7 Å². The van der Waals surface area contributed by atoms with Crippen molar-refractivity contribution in [1.82, 2.24) is 19.9 Å². The quantitative estimate of drug-likeness (QED) is 0.482. The molecule has 0 saturated carbocycles. The Morgan fingerprint density at radius 3 is 2.70 bits per heavy atom. The Bertz CT molecular complexity index is 1030. The number of likely N-dealkylation sites (N-methyl/N-ethyl adjacent to an activating group) is 1. The van der Waals surface area contributed by atoms with Crippen LogP contribution in [0.15, 0.2) is 53.7 Å². The summed E-state index contributed by atoms with van der Waals surface area (Å²) in [5.41, 5.74) is 15.9. The van der Waals surface area contributed by atoms with Crippen molar-refractivity contribution in [3.8, 4) is 0 Å². The van der Waals surface area contributed by atoms with E-state index in [1.165, 1.54) is 0 Å². The zero-order chi connectivity index (χ0) is 21.1. The highest BCUT2D eigenvalue weighted by Gasteiger charge is 2.34. The lowest BCUT2D eigenvalue weighted by Gasteiger charge is -2.21. The van der Waals surface area contributed by atoms with Crippen molar-refractivity contribution < 1.29 is 9.68 Å². The maximum Gasteiger partial charge on any atom is 0.162 e. The van der Waals surface area contributed by atoms with Crippen LogP contribution in [0.25, 0.3) is 11.0 Å². The molecule has 2 heterocycles. The Morgan fingerprint density at radius 1 is 1.20 bits per heavy atom. The van der Waals surface area contributed by atoms with Crippen molar-refractivity contribution in [2.24, 2.45) is 10.9 Å². The van der Waals surface area contributed by atoms with E-state index in [2.05, 4.69) is 15.0 Å². The first-order valence-corrected chi connectivity index (χ1v) is 9.87. The smallest absolute Gasteiger partial charge is 0.162 e. The number of fused-ring (bicyclic) bond motifs is 1. The van der Waals surface area contributed by atoms with Gasteiger partial charge in [0.25, 0.3) is 0 Å². The van der Waals surface area contributed by atoms with Gasteiger partial charge in [-0.2, -0.15) is 0 Å². The molecule has 30 heavy (non-hydrogen) atoms. The second-order valence-corrected chi connectivity index (χ2v) is 7.18. The number of hydroxylamine groups is 2. The number of methoxy groups -OCH3 is 1. The van der Waals surface area contributed by atoms with Crippen LogP contribution in [-0.2, 0) is 16.2 Å². The third-order valence-corrected chi connectivity index (χ3v) is 5.20. The summed E-state index contributed by atoms with van der Waals surface area (Å²) in [6, 6.07) is 15.7. The second-order valence-electron chi connectivity index (χ2n) is 7.18. The van der Waals surface area contributed by atoms with Crippen LogP contribution in [0, 0.1) is 0 Å². The van der Waals surface area contributed by atoms with Crippen LogP contribution in [0.5, 0.6) is 0 Å². The number of anilines is 1. The number of hydrogen-bond donors (Lipinski definition) is 3. The van der Waals surface area contributed by atoms with Gasteiger partial charge in [-0.25, -0.2) is 4.98 Å². The molecule has 9 heteroatoms. The van der Waals surface area contributed by atoms with E-state index in [0.29, 0.717) is 25.3 Å². The molecule has 1 aliphatic heterocycles. The van der Waals surface area contributed by atoms with Gasteiger partial charge in [0, 0.05) is 32.9 Å². The number of oxime groups is 1. The van der Waals surface area contributed by atoms with Gasteiger partial charge in [-0.05, 0) is 29.8 Å². The van der Waals surface area contributed by atoms with Gasteiger partial charge in [-0.3, -0.25) is 10.3 Å². The molecule has 2 unspecified atom stereocenters. The Balaban J connectivity index is 1.74. The van der Waals surface area contributed by atoms with E-state index < -0.39 is 0 Å². The molecule has 1 aromatic heterocycles. The largest absolute Gasteiger partial charge is 0.399 e. The molecule has 0 amide bonds. The summed E-state index contributed by atoms with van der Waals surface area (Å²) in [6.45, 7) is 1.70. The summed E-state index contributed by atoms with van der Waals surface area (Å²) in [7, 11) is 3.53. The van der Waals surface area contributed by atoms with Gasteiger partial charge < -0.3 is 20.8 Å². The molecule has 9 nitrogen and oxygen atoms in total. The van der Waals surface area contributed by atoms with E-state index >= 15 is 0 Å². The summed E-state index contributed by atoms with van der Waals surface area (Å²) in [6.07, 6.45) is -0.431. The summed E-state index contributed by atoms with van der Waals surface area (Å²) in [5.74, 6) is 0.729. The number of nitrogen functional groups attached to an aromatic ring is 1. The average molecular weight is 409 g/mol. The van der Waals surface area contributed by atoms with E-state index in [0.717, 1.165) is 28.1 Å². The third kappa shape index (κ3) is 3.88. The van der Waals surface area contributed by atoms with Gasteiger partial charge in [-0.15, -0.1) is 0 Å². The Hall–Kier alpha value is -2.98. The van der Waals surface area contributed by atoms with Crippen molar-refractivity contribution in [2.75, 3.05) is 33.0 Å². The first-order chi connectivity index (χ1) is 14.6. The predicted octanol–water partition coefficient (Wildman–Crippen LogP) is 1.46. The van der Waals surface area contributed by atoms with Gasteiger partial charge in [-0.1, -0.05) is 34.5 Å². The number of nitrogens with two attached hydrogens (primary N) is 2. The number of imidazole rings is 1. The molecule has 2 atom stereocenters. The minimum atomic E-state index is -0.248. The average Bonchev–Trinajstić information content (AvgIpc) is 3.31. The lowest BCUT2D eigenvalue weighted by molar-refractivity contribution is -0.136. The SMILES string of the molecule is COC(Cn1c(C2=NON(C)C2NCCN)nc2ccccc21)c1ccc(N)cc1. The van der Waals surface area contributed by atoms with E-state index in [4.69, 9.17) is 26.1 Å². The molecule has 0 fully saturated rings. The molecule has 2 aromatic carbocycles. The Morgan fingerprint density at radius 2 is 1.97 bits per heavy atom. The fourth-order valence-corrected chi connectivity index (χ4v) is 3.63. The number of benzene rings is 2. The minimum absolute atomic E-state index is 0.182. The van der Waals surface area contributed by atoms with Crippen molar-refractivity contribution in [3.63, 3.8) is 0 Å². The zero-order valence-electron chi connectivity index (χ0n) is 17.2. The van der Waals surface area contributed by atoms with Gasteiger partial charge in [0.15, 0.2) is 11.5 Å². The van der Waals surface area contributed by atoms with Gasteiger partial charge in [0.05, 0.1) is 17.6 Å². The predicted molar refractivity (Wildman–Crippen MR) is 117 cm³/mol. The maximum atomic E-state index is 5.85. The molecular formula is C21H27N7O2. The van der Waals surface area contributed by atoms with E-state index in [9.17, 15) is 0 Å². The first-order valence-electron chi connectivity index (χ1n) is 9.87. The van der Waals surface area contributed by atoms with Crippen LogP contribution >= 0.6 is 0 Å². The number of para-hydroxylation sites is 2. The summed E-state index contributed by atoms with van der Waals surface area (Å²) in [4.78, 5) is 10.3. The van der Waals surface area contributed by atoms with Crippen LogP contribution in [0.2, 0.25) is 0 Å². The molecule has 0 radical (unpaired) electrons. The van der Waals surface area contributed by atoms with Crippen LogP contribution in [0.4, 0.5) is 5.69 Å². The number of rotatable bonds is 8. The highest BCUT2D eigenvalue weighted by Crippen LogP contribution is 2.26.